The summed E-state index contributed by atoms with van der Waals surface area (Å²) in [6.45, 7) is 10.4. The molecule has 4 heteroatoms. The Hall–Kier alpha value is -1.62. The number of aliphatic hydroxyl groups is 1. The fourth-order valence-corrected chi connectivity index (χ4v) is 3.17. The van der Waals surface area contributed by atoms with E-state index in [1.165, 1.54) is 16.8 Å². The smallest absolute Gasteiger partial charge is 0.0900 e. The lowest BCUT2D eigenvalue weighted by atomic mass is 10.1. The maximum absolute atomic E-state index is 10.2. The highest BCUT2D eigenvalue weighted by Gasteiger charge is 2.15. The number of aromatic nitrogens is 1. The van der Waals surface area contributed by atoms with Crippen LogP contribution in [-0.4, -0.2) is 47.5 Å². The van der Waals surface area contributed by atoms with Crippen molar-refractivity contribution in [2.75, 3.05) is 26.8 Å². The molecular formula is C22H34N2O2. The maximum Gasteiger partial charge on any atom is 0.0900 e. The van der Waals surface area contributed by atoms with Crippen molar-refractivity contribution < 1.29 is 9.84 Å². The Labute approximate surface area is 158 Å². The van der Waals surface area contributed by atoms with Crippen molar-refractivity contribution in [3.63, 3.8) is 0 Å². The third-order valence-corrected chi connectivity index (χ3v) is 4.76. The van der Waals surface area contributed by atoms with Crippen molar-refractivity contribution in [2.45, 2.75) is 46.4 Å². The molecule has 1 N–H and O–H groups in total. The van der Waals surface area contributed by atoms with E-state index < -0.39 is 6.10 Å². The normalized spacial score (nSPS) is 12.9. The SMILES string of the molecule is COC[C@H](O)CN(CCC(C)C)Cc1cccn1Cc1ccccc1C. The Morgan fingerprint density at radius 2 is 1.92 bits per heavy atom. The molecule has 144 valence electrons. The summed E-state index contributed by atoms with van der Waals surface area (Å²) in [7, 11) is 1.63. The van der Waals surface area contributed by atoms with Gasteiger partial charge in [-0.1, -0.05) is 38.1 Å². The Morgan fingerprint density at radius 1 is 1.15 bits per heavy atom. The van der Waals surface area contributed by atoms with Gasteiger partial charge in [-0.3, -0.25) is 4.90 Å². The van der Waals surface area contributed by atoms with Gasteiger partial charge in [0.1, 0.15) is 0 Å². The minimum Gasteiger partial charge on any atom is -0.389 e. The average Bonchev–Trinajstić information content (AvgIpc) is 3.02. The van der Waals surface area contributed by atoms with Gasteiger partial charge in [0.2, 0.25) is 0 Å². The molecule has 0 saturated heterocycles. The van der Waals surface area contributed by atoms with E-state index in [0.29, 0.717) is 19.1 Å². The molecule has 26 heavy (non-hydrogen) atoms. The first-order chi connectivity index (χ1) is 12.5. The summed E-state index contributed by atoms with van der Waals surface area (Å²) in [4.78, 5) is 2.34. The van der Waals surface area contributed by atoms with Gasteiger partial charge in [0, 0.05) is 38.6 Å². The first kappa shape index (κ1) is 20.7. The van der Waals surface area contributed by atoms with E-state index in [1.54, 1.807) is 7.11 Å². The number of rotatable bonds is 11. The van der Waals surface area contributed by atoms with Crippen LogP contribution in [-0.2, 0) is 17.8 Å². The monoisotopic (exact) mass is 358 g/mol. The molecular weight excluding hydrogens is 324 g/mol. The summed E-state index contributed by atoms with van der Waals surface area (Å²) >= 11 is 0. The molecule has 0 aliphatic carbocycles. The van der Waals surface area contributed by atoms with Crippen LogP contribution in [0, 0.1) is 12.8 Å². The molecule has 0 bridgehead atoms. The molecule has 4 nitrogen and oxygen atoms in total. The summed E-state index contributed by atoms with van der Waals surface area (Å²) in [6, 6.07) is 12.8. The Bertz CT molecular complexity index is 651. The van der Waals surface area contributed by atoms with E-state index in [2.05, 4.69) is 72.8 Å². The van der Waals surface area contributed by atoms with E-state index in [-0.39, 0.29) is 0 Å². The summed E-state index contributed by atoms with van der Waals surface area (Å²) in [5.74, 6) is 0.649. The van der Waals surface area contributed by atoms with Crippen LogP contribution in [0.15, 0.2) is 42.6 Å². The lowest BCUT2D eigenvalue weighted by Gasteiger charge is -2.26. The van der Waals surface area contributed by atoms with Gasteiger partial charge in [0.25, 0.3) is 0 Å². The first-order valence-corrected chi connectivity index (χ1v) is 9.57. The van der Waals surface area contributed by atoms with E-state index >= 15 is 0 Å². The standard InChI is InChI=1S/C22H34N2O2/c1-18(2)11-13-23(16-22(25)17-26-4)15-21-10-7-12-24(21)14-20-9-6-5-8-19(20)3/h5-10,12,18,22,25H,11,13-17H2,1-4H3/t22-/m1/s1. The molecule has 1 aromatic heterocycles. The van der Waals surface area contributed by atoms with Crippen LogP contribution in [0.4, 0.5) is 0 Å². The van der Waals surface area contributed by atoms with Gasteiger partial charge >= 0.3 is 0 Å². The second-order valence-electron chi connectivity index (χ2n) is 7.58. The van der Waals surface area contributed by atoms with Gasteiger partial charge in [-0.15, -0.1) is 0 Å². The molecule has 0 unspecified atom stereocenters. The zero-order chi connectivity index (χ0) is 18.9. The molecule has 1 aromatic carbocycles. The molecule has 1 atom stereocenters. The van der Waals surface area contributed by atoms with E-state index in [1.807, 2.05) is 0 Å². The third-order valence-electron chi connectivity index (χ3n) is 4.76. The number of benzene rings is 1. The average molecular weight is 359 g/mol. The van der Waals surface area contributed by atoms with Crippen molar-refractivity contribution in [1.82, 2.24) is 9.47 Å². The summed E-state index contributed by atoms with van der Waals surface area (Å²) in [5.41, 5.74) is 3.94. The van der Waals surface area contributed by atoms with Gasteiger partial charge < -0.3 is 14.4 Å². The first-order valence-electron chi connectivity index (χ1n) is 9.57. The summed E-state index contributed by atoms with van der Waals surface area (Å²) < 4.78 is 7.41. The van der Waals surface area contributed by atoms with Crippen molar-refractivity contribution in [3.05, 3.63) is 59.4 Å². The van der Waals surface area contributed by atoms with Crippen molar-refractivity contribution >= 4 is 0 Å². The Morgan fingerprint density at radius 3 is 2.62 bits per heavy atom. The summed E-state index contributed by atoms with van der Waals surface area (Å²) in [5, 5.41) is 10.2. The lowest BCUT2D eigenvalue weighted by molar-refractivity contribution is 0.0343. The fourth-order valence-electron chi connectivity index (χ4n) is 3.17. The largest absolute Gasteiger partial charge is 0.389 e. The maximum atomic E-state index is 10.2. The minimum absolute atomic E-state index is 0.377. The van der Waals surface area contributed by atoms with Crippen LogP contribution in [0.5, 0.6) is 0 Å². The number of nitrogens with zero attached hydrogens (tertiary/aromatic N) is 2. The van der Waals surface area contributed by atoms with E-state index in [0.717, 1.165) is 26.1 Å². The molecule has 0 amide bonds. The Balaban J connectivity index is 2.07. The van der Waals surface area contributed by atoms with Gasteiger partial charge in [0.05, 0.1) is 12.7 Å². The van der Waals surface area contributed by atoms with Crippen LogP contribution < -0.4 is 0 Å². The third kappa shape index (κ3) is 6.60. The molecule has 0 spiro atoms. The van der Waals surface area contributed by atoms with Crippen molar-refractivity contribution in [2.24, 2.45) is 5.92 Å². The molecule has 0 aliphatic rings. The molecule has 1 heterocycles. The number of aliphatic hydroxyl groups excluding tert-OH is 1. The zero-order valence-electron chi connectivity index (χ0n) is 16.7. The van der Waals surface area contributed by atoms with Gasteiger partial charge in [-0.05, 0) is 49.1 Å². The Kier molecular flexibility index (Phi) is 8.36. The predicted molar refractivity (Wildman–Crippen MR) is 107 cm³/mol. The second kappa shape index (κ2) is 10.5. The highest BCUT2D eigenvalue weighted by Crippen LogP contribution is 2.15. The molecule has 2 rings (SSSR count). The van der Waals surface area contributed by atoms with Gasteiger partial charge in [0.15, 0.2) is 0 Å². The minimum atomic E-state index is -0.452. The second-order valence-corrected chi connectivity index (χ2v) is 7.58. The van der Waals surface area contributed by atoms with Crippen LogP contribution in [0.3, 0.4) is 0 Å². The van der Waals surface area contributed by atoms with Crippen LogP contribution in [0.2, 0.25) is 0 Å². The van der Waals surface area contributed by atoms with E-state index in [4.69, 9.17) is 4.74 Å². The highest BCUT2D eigenvalue weighted by atomic mass is 16.5. The number of hydrogen-bond acceptors (Lipinski definition) is 3. The van der Waals surface area contributed by atoms with Crippen molar-refractivity contribution in [1.29, 1.82) is 0 Å². The summed E-state index contributed by atoms with van der Waals surface area (Å²) in [6.07, 6.45) is 2.82. The molecule has 0 aliphatic heterocycles. The number of methoxy groups -OCH3 is 1. The van der Waals surface area contributed by atoms with Crippen LogP contribution in [0.25, 0.3) is 0 Å². The van der Waals surface area contributed by atoms with Crippen molar-refractivity contribution in [3.8, 4) is 0 Å². The van der Waals surface area contributed by atoms with Gasteiger partial charge in [-0.2, -0.15) is 0 Å². The number of hydrogen-bond donors (Lipinski definition) is 1. The van der Waals surface area contributed by atoms with Gasteiger partial charge in [-0.25, -0.2) is 0 Å². The molecule has 0 radical (unpaired) electrons. The van der Waals surface area contributed by atoms with Crippen LogP contribution >= 0.6 is 0 Å². The molecule has 2 aromatic rings. The van der Waals surface area contributed by atoms with E-state index in [9.17, 15) is 5.11 Å². The lowest BCUT2D eigenvalue weighted by Crippen LogP contribution is -2.36. The van der Waals surface area contributed by atoms with Crippen LogP contribution in [0.1, 0.15) is 37.1 Å². The zero-order valence-corrected chi connectivity index (χ0v) is 16.7. The quantitative estimate of drug-likeness (QED) is 0.665. The fraction of sp³-hybridized carbons (Fsp3) is 0.545. The molecule has 0 fully saturated rings. The number of ether oxygens (including phenoxy) is 1. The topological polar surface area (TPSA) is 37.6 Å². The predicted octanol–water partition coefficient (Wildman–Crippen LogP) is 3.70. The number of aryl methyl sites for hydroxylation is 1. The molecule has 0 saturated carbocycles. The highest BCUT2D eigenvalue weighted by molar-refractivity contribution is 5.26.